The summed E-state index contributed by atoms with van der Waals surface area (Å²) in [4.78, 5) is 30.1. The van der Waals surface area contributed by atoms with Crippen LogP contribution in [-0.4, -0.2) is 46.1 Å². The monoisotopic (exact) mass is 513 g/mol. The second-order valence-electron chi connectivity index (χ2n) is 6.32. The largest absolute Gasteiger partial charge is 0.573 e. The molecule has 0 bridgehead atoms. The minimum atomic E-state index is -4.77. The van der Waals surface area contributed by atoms with Crippen molar-refractivity contribution in [2.45, 2.75) is 19.2 Å². The number of thiazole rings is 1. The van der Waals surface area contributed by atoms with Crippen molar-refractivity contribution in [3.05, 3.63) is 18.2 Å². The Balaban J connectivity index is 1.64. The van der Waals surface area contributed by atoms with E-state index < -0.39 is 12.3 Å². The maximum atomic E-state index is 12.4. The topological polar surface area (TPSA) is 71.5 Å². The summed E-state index contributed by atoms with van der Waals surface area (Å²) in [6.45, 7) is -0.115. The molecule has 0 radical (unpaired) electrons. The number of nitrogens with one attached hydrogen (secondary N) is 1. The molecule has 27 heavy (non-hydrogen) atoms. The fourth-order valence-electron chi connectivity index (χ4n) is 2.56. The average molecular weight is 513 g/mol. The predicted octanol–water partition coefficient (Wildman–Crippen LogP) is 3.81. The predicted molar refractivity (Wildman–Crippen MR) is 103 cm³/mol. The molecule has 6 nitrogen and oxygen atoms in total. The highest BCUT2D eigenvalue weighted by atomic mass is 127. The summed E-state index contributed by atoms with van der Waals surface area (Å²) >= 11 is 3.20. The van der Waals surface area contributed by atoms with Crippen LogP contribution in [0.3, 0.4) is 0 Å². The fourth-order valence-corrected chi connectivity index (χ4v) is 4.56. The lowest BCUT2D eigenvalue weighted by atomic mass is 10.1. The van der Waals surface area contributed by atoms with Crippen LogP contribution in [0.4, 0.5) is 18.3 Å². The molecule has 2 amide bonds. The summed E-state index contributed by atoms with van der Waals surface area (Å²) in [5.74, 6) is -0.818. The van der Waals surface area contributed by atoms with E-state index in [0.29, 0.717) is 10.2 Å². The Bertz CT molecular complexity index is 883. The molecule has 1 fully saturated rings. The van der Waals surface area contributed by atoms with E-state index >= 15 is 0 Å². The third-order valence-electron chi connectivity index (χ3n) is 4.13. The molecule has 0 aliphatic heterocycles. The first-order chi connectivity index (χ1) is 12.6. The highest BCUT2D eigenvalue weighted by Crippen LogP contribution is 2.48. The molecule has 11 heteroatoms. The van der Waals surface area contributed by atoms with Gasteiger partial charge in [0, 0.05) is 17.5 Å². The lowest BCUT2D eigenvalue weighted by Crippen LogP contribution is -2.40. The molecule has 2 aromatic rings. The molecule has 0 unspecified atom stereocenters. The lowest BCUT2D eigenvalue weighted by Gasteiger charge is -2.21. The number of hydrogen-bond donors (Lipinski definition) is 1. The van der Waals surface area contributed by atoms with Gasteiger partial charge < -0.3 is 15.0 Å². The summed E-state index contributed by atoms with van der Waals surface area (Å²) < 4.78 is 41.9. The van der Waals surface area contributed by atoms with Crippen LogP contribution in [0.15, 0.2) is 18.2 Å². The first-order valence-corrected chi connectivity index (χ1v) is 10.2. The zero-order valence-electron chi connectivity index (χ0n) is 14.1. The minimum absolute atomic E-state index is 0.0507. The van der Waals surface area contributed by atoms with Crippen LogP contribution in [0.2, 0.25) is 0 Å². The number of ether oxygens (including phenoxy) is 1. The quantitative estimate of drug-likeness (QED) is 0.472. The summed E-state index contributed by atoms with van der Waals surface area (Å²) in [6, 6.07) is 3.76. The molecule has 1 aliphatic carbocycles. The molecule has 1 heterocycles. The van der Waals surface area contributed by atoms with Gasteiger partial charge in [0.25, 0.3) is 0 Å². The van der Waals surface area contributed by atoms with Crippen LogP contribution in [0.5, 0.6) is 5.75 Å². The van der Waals surface area contributed by atoms with Crippen LogP contribution >= 0.6 is 33.9 Å². The normalized spacial score (nSPS) is 15.4. The first-order valence-electron chi connectivity index (χ1n) is 7.90. The molecule has 146 valence electrons. The number of anilines is 1. The van der Waals surface area contributed by atoms with E-state index in [1.54, 1.807) is 7.05 Å². The third-order valence-corrected chi connectivity index (χ3v) is 6.52. The van der Waals surface area contributed by atoms with Crippen molar-refractivity contribution in [1.29, 1.82) is 0 Å². The smallest absolute Gasteiger partial charge is 0.406 e. The molecule has 1 N–H and O–H groups in total. The van der Waals surface area contributed by atoms with E-state index in [-0.39, 0.29) is 28.7 Å². The Morgan fingerprint density at radius 3 is 2.70 bits per heavy atom. The van der Waals surface area contributed by atoms with Crippen molar-refractivity contribution in [2.75, 3.05) is 23.3 Å². The van der Waals surface area contributed by atoms with Crippen LogP contribution in [0.25, 0.3) is 10.2 Å². The number of nitrogens with zero attached hydrogens (tertiary/aromatic N) is 2. The molecule has 1 saturated carbocycles. The van der Waals surface area contributed by atoms with Gasteiger partial charge in [-0.1, -0.05) is 33.9 Å². The third kappa shape index (κ3) is 4.81. The van der Waals surface area contributed by atoms with Gasteiger partial charge >= 0.3 is 6.36 Å². The van der Waals surface area contributed by atoms with Gasteiger partial charge in [-0.15, -0.1) is 13.2 Å². The van der Waals surface area contributed by atoms with Gasteiger partial charge in [-0.2, -0.15) is 0 Å². The number of rotatable bonds is 6. The maximum absolute atomic E-state index is 12.4. The highest BCUT2D eigenvalue weighted by Gasteiger charge is 2.50. The van der Waals surface area contributed by atoms with Crippen molar-refractivity contribution < 1.29 is 27.5 Å². The summed E-state index contributed by atoms with van der Waals surface area (Å²) in [5, 5.41) is 2.83. The zero-order chi connectivity index (χ0) is 19.8. The molecule has 3 rings (SSSR count). The van der Waals surface area contributed by atoms with Crippen LogP contribution < -0.4 is 10.1 Å². The summed E-state index contributed by atoms with van der Waals surface area (Å²) in [7, 11) is 1.58. The second-order valence-corrected chi connectivity index (χ2v) is 8.11. The maximum Gasteiger partial charge on any atom is 0.573 e. The Hall–Kier alpha value is -1.63. The Morgan fingerprint density at radius 2 is 2.11 bits per heavy atom. The number of alkyl halides is 4. The summed E-state index contributed by atoms with van der Waals surface area (Å²) in [6.07, 6.45) is -3.11. The molecular formula is C16H15F3IN3O3S. The molecule has 0 atom stereocenters. The number of aromatic nitrogens is 1. The van der Waals surface area contributed by atoms with E-state index in [1.165, 1.54) is 17.0 Å². The van der Waals surface area contributed by atoms with Gasteiger partial charge in [0.15, 0.2) is 5.13 Å². The van der Waals surface area contributed by atoms with E-state index in [9.17, 15) is 22.8 Å². The lowest BCUT2D eigenvalue weighted by molar-refractivity contribution is -0.274. The molecular weight excluding hydrogens is 498 g/mol. The van der Waals surface area contributed by atoms with Crippen molar-refractivity contribution in [1.82, 2.24) is 9.88 Å². The van der Waals surface area contributed by atoms with Crippen molar-refractivity contribution in [2.24, 2.45) is 5.41 Å². The van der Waals surface area contributed by atoms with Crippen molar-refractivity contribution in [3.63, 3.8) is 0 Å². The first kappa shape index (κ1) is 20.1. The van der Waals surface area contributed by atoms with Crippen LogP contribution in [0, 0.1) is 5.41 Å². The van der Waals surface area contributed by atoms with Gasteiger partial charge in [0.05, 0.1) is 22.2 Å². The second kappa shape index (κ2) is 7.41. The number of carbonyl (C=O) groups is 2. The van der Waals surface area contributed by atoms with E-state index in [0.717, 1.165) is 34.7 Å². The number of amides is 2. The molecule has 1 aromatic carbocycles. The Morgan fingerprint density at radius 1 is 1.41 bits per heavy atom. The van der Waals surface area contributed by atoms with Gasteiger partial charge in [-0.25, -0.2) is 4.98 Å². The van der Waals surface area contributed by atoms with E-state index in [1.807, 2.05) is 0 Å². The number of hydrogen-bond acceptors (Lipinski definition) is 5. The molecule has 0 spiro atoms. The van der Waals surface area contributed by atoms with Crippen molar-refractivity contribution in [3.8, 4) is 5.75 Å². The number of likely N-dealkylation sites (N-methyl/N-ethyl adjacent to an activating group) is 1. The Kier molecular flexibility index (Phi) is 5.52. The molecule has 0 saturated heterocycles. The number of benzene rings is 1. The van der Waals surface area contributed by atoms with Gasteiger partial charge in [0.2, 0.25) is 11.8 Å². The number of carbonyl (C=O) groups excluding carboxylic acids is 2. The summed E-state index contributed by atoms with van der Waals surface area (Å²) in [5.41, 5.74) is 0.108. The van der Waals surface area contributed by atoms with Crippen LogP contribution in [-0.2, 0) is 9.59 Å². The highest BCUT2D eigenvalue weighted by molar-refractivity contribution is 14.1. The minimum Gasteiger partial charge on any atom is -0.406 e. The van der Waals surface area contributed by atoms with E-state index in [4.69, 9.17) is 0 Å². The zero-order valence-corrected chi connectivity index (χ0v) is 17.1. The molecule has 1 aliphatic rings. The number of fused-ring (bicyclic) bond motifs is 1. The van der Waals surface area contributed by atoms with Crippen LogP contribution in [0.1, 0.15) is 12.8 Å². The Labute approximate surface area is 170 Å². The molecule has 1 aromatic heterocycles. The average Bonchev–Trinajstić information content (AvgIpc) is 3.27. The fraction of sp³-hybridized carbons (Fsp3) is 0.438. The van der Waals surface area contributed by atoms with Crippen molar-refractivity contribution >= 4 is 61.1 Å². The van der Waals surface area contributed by atoms with Gasteiger partial charge in [-0.05, 0) is 25.0 Å². The standard InChI is InChI=1S/C16H15F3IN3O3S/c1-23(13(25)15(8-20)4-5-15)7-12(24)22-14-21-10-3-2-9(6-11(10)27-14)26-16(17,18)19/h2-3,6H,4-5,7-8H2,1H3,(H,21,22,24). The van der Waals surface area contributed by atoms with Gasteiger partial charge in [0.1, 0.15) is 5.75 Å². The van der Waals surface area contributed by atoms with Gasteiger partial charge in [-0.3, -0.25) is 9.59 Å². The van der Waals surface area contributed by atoms with E-state index in [2.05, 4.69) is 37.6 Å². The number of halogens is 4. The SMILES string of the molecule is CN(CC(=O)Nc1nc2ccc(OC(F)(F)F)cc2s1)C(=O)C1(CI)CC1.